The summed E-state index contributed by atoms with van der Waals surface area (Å²) in [4.78, 5) is 18.5. The van der Waals surface area contributed by atoms with E-state index >= 15 is 0 Å². The summed E-state index contributed by atoms with van der Waals surface area (Å²) in [6, 6.07) is 8.84. The summed E-state index contributed by atoms with van der Waals surface area (Å²) in [6.07, 6.45) is 4.21. The zero-order valence-corrected chi connectivity index (χ0v) is 19.0. The highest BCUT2D eigenvalue weighted by Crippen LogP contribution is 2.22. The van der Waals surface area contributed by atoms with Crippen LogP contribution in [0, 0.1) is 6.92 Å². The molecule has 0 radical (unpaired) electrons. The standard InChI is InChI=1S/C20H25BrN4O3S/c1-15-12-16(21)6-8-18(15)23-20(26)14-24(2)19-9-7-17(13-22-19)29(27,28)25-10-4-3-5-11-25/h6-9,12-13H,3-5,10-11,14H2,1-2H3,(H,23,26). The van der Waals surface area contributed by atoms with Gasteiger partial charge in [0.05, 0.1) is 6.54 Å². The van der Waals surface area contributed by atoms with E-state index in [-0.39, 0.29) is 17.3 Å². The van der Waals surface area contributed by atoms with Crippen LogP contribution in [0.1, 0.15) is 24.8 Å². The fourth-order valence-corrected chi connectivity index (χ4v) is 5.20. The smallest absolute Gasteiger partial charge is 0.244 e. The Hall–Kier alpha value is -1.97. The van der Waals surface area contributed by atoms with Crippen molar-refractivity contribution < 1.29 is 13.2 Å². The third-order valence-electron chi connectivity index (χ3n) is 4.91. The van der Waals surface area contributed by atoms with Crippen molar-refractivity contribution in [2.75, 3.05) is 36.9 Å². The minimum absolute atomic E-state index is 0.0979. The average Bonchev–Trinajstić information content (AvgIpc) is 2.71. The second-order valence-corrected chi connectivity index (χ2v) is 10.0. The fourth-order valence-electron chi connectivity index (χ4n) is 3.26. The van der Waals surface area contributed by atoms with Gasteiger partial charge in [-0.05, 0) is 55.7 Å². The number of carbonyl (C=O) groups is 1. The van der Waals surface area contributed by atoms with Crippen molar-refractivity contribution in [3.8, 4) is 0 Å². The number of carbonyl (C=O) groups excluding carboxylic acids is 1. The predicted molar refractivity (Wildman–Crippen MR) is 118 cm³/mol. The molecule has 0 unspecified atom stereocenters. The van der Waals surface area contributed by atoms with Crippen molar-refractivity contribution in [1.29, 1.82) is 0 Å². The molecule has 0 bridgehead atoms. The number of aromatic nitrogens is 1. The van der Waals surface area contributed by atoms with E-state index < -0.39 is 10.0 Å². The molecule has 0 saturated carbocycles. The Kier molecular flexibility index (Phi) is 6.92. The minimum Gasteiger partial charge on any atom is -0.350 e. The lowest BCUT2D eigenvalue weighted by atomic mass is 10.2. The van der Waals surface area contributed by atoms with Crippen molar-refractivity contribution in [3.05, 3.63) is 46.6 Å². The van der Waals surface area contributed by atoms with Crippen LogP contribution < -0.4 is 10.2 Å². The summed E-state index contributed by atoms with van der Waals surface area (Å²) in [5.74, 6) is 0.356. The third kappa shape index (κ3) is 5.34. The molecule has 9 heteroatoms. The number of piperidine rings is 1. The molecular formula is C20H25BrN4O3S. The quantitative estimate of drug-likeness (QED) is 0.684. The number of benzene rings is 1. The zero-order chi connectivity index (χ0) is 21.0. The van der Waals surface area contributed by atoms with Crippen LogP contribution in [0.15, 0.2) is 45.9 Å². The van der Waals surface area contributed by atoms with Crippen molar-refractivity contribution in [2.45, 2.75) is 31.1 Å². The van der Waals surface area contributed by atoms with Gasteiger partial charge in [0.25, 0.3) is 0 Å². The van der Waals surface area contributed by atoms with E-state index in [2.05, 4.69) is 26.2 Å². The molecule has 156 valence electrons. The molecular weight excluding hydrogens is 456 g/mol. The van der Waals surface area contributed by atoms with Gasteiger partial charge < -0.3 is 10.2 Å². The molecule has 1 saturated heterocycles. The van der Waals surface area contributed by atoms with E-state index in [9.17, 15) is 13.2 Å². The van der Waals surface area contributed by atoms with Gasteiger partial charge in [-0.25, -0.2) is 13.4 Å². The van der Waals surface area contributed by atoms with Crippen LogP contribution >= 0.6 is 15.9 Å². The molecule has 1 amide bonds. The number of sulfonamides is 1. The molecule has 0 aliphatic carbocycles. The zero-order valence-electron chi connectivity index (χ0n) is 16.6. The first-order valence-electron chi connectivity index (χ1n) is 9.51. The fraction of sp³-hybridized carbons (Fsp3) is 0.400. The third-order valence-corrected chi connectivity index (χ3v) is 7.28. The highest BCUT2D eigenvalue weighted by molar-refractivity contribution is 9.10. The van der Waals surface area contributed by atoms with Crippen LogP contribution in [-0.4, -0.2) is 50.3 Å². The summed E-state index contributed by atoms with van der Waals surface area (Å²) in [5.41, 5.74) is 1.71. The van der Waals surface area contributed by atoms with Crippen LogP contribution in [0.3, 0.4) is 0 Å². The molecule has 1 N–H and O–H groups in total. The Bertz CT molecular complexity index is 974. The molecule has 1 aliphatic heterocycles. The molecule has 2 aromatic rings. The number of nitrogens with one attached hydrogen (secondary N) is 1. The summed E-state index contributed by atoms with van der Waals surface area (Å²) in [6.45, 7) is 3.13. The van der Waals surface area contributed by atoms with Gasteiger partial charge in [-0.2, -0.15) is 4.31 Å². The van der Waals surface area contributed by atoms with Gasteiger partial charge in [0.2, 0.25) is 15.9 Å². The molecule has 1 aromatic heterocycles. The Morgan fingerprint density at radius 2 is 1.93 bits per heavy atom. The number of nitrogens with zero attached hydrogens (tertiary/aromatic N) is 3. The second-order valence-electron chi connectivity index (χ2n) is 7.18. The monoisotopic (exact) mass is 480 g/mol. The van der Waals surface area contributed by atoms with Gasteiger partial charge in [0, 0.05) is 36.5 Å². The van der Waals surface area contributed by atoms with E-state index in [0.717, 1.165) is 35.0 Å². The Balaban J connectivity index is 1.64. The summed E-state index contributed by atoms with van der Waals surface area (Å²) >= 11 is 3.40. The Morgan fingerprint density at radius 3 is 2.55 bits per heavy atom. The predicted octanol–water partition coefficient (Wildman–Crippen LogP) is 3.40. The van der Waals surface area contributed by atoms with Crippen molar-refractivity contribution >= 4 is 43.4 Å². The number of amides is 1. The SMILES string of the molecule is Cc1cc(Br)ccc1NC(=O)CN(C)c1ccc(S(=O)(=O)N2CCCCC2)cn1. The molecule has 0 atom stereocenters. The van der Waals surface area contributed by atoms with Crippen molar-refractivity contribution in [1.82, 2.24) is 9.29 Å². The van der Waals surface area contributed by atoms with Gasteiger partial charge >= 0.3 is 0 Å². The number of hydrogen-bond acceptors (Lipinski definition) is 5. The molecule has 1 aliphatic rings. The molecule has 2 heterocycles. The van der Waals surface area contributed by atoms with Crippen LogP contribution in [-0.2, 0) is 14.8 Å². The number of halogens is 1. The first-order chi connectivity index (χ1) is 13.8. The van der Waals surface area contributed by atoms with Crippen LogP contribution in [0.25, 0.3) is 0 Å². The number of aryl methyl sites for hydroxylation is 1. The van der Waals surface area contributed by atoms with Crippen LogP contribution in [0.2, 0.25) is 0 Å². The lowest BCUT2D eigenvalue weighted by Crippen LogP contribution is -2.35. The number of rotatable bonds is 6. The van der Waals surface area contributed by atoms with E-state index in [1.807, 2.05) is 25.1 Å². The molecule has 1 aromatic carbocycles. The number of pyridine rings is 1. The second kappa shape index (κ2) is 9.23. The first-order valence-corrected chi connectivity index (χ1v) is 11.7. The first kappa shape index (κ1) is 21.7. The Morgan fingerprint density at radius 1 is 1.21 bits per heavy atom. The van der Waals surface area contributed by atoms with E-state index in [1.54, 1.807) is 24.1 Å². The topological polar surface area (TPSA) is 82.6 Å². The molecule has 0 spiro atoms. The molecule has 3 rings (SSSR count). The number of hydrogen-bond donors (Lipinski definition) is 1. The summed E-state index contributed by atoms with van der Waals surface area (Å²) < 4.78 is 27.9. The molecule has 1 fully saturated rings. The van der Waals surface area contributed by atoms with Crippen molar-refractivity contribution in [2.24, 2.45) is 0 Å². The maximum atomic E-state index is 12.7. The van der Waals surface area contributed by atoms with E-state index in [1.165, 1.54) is 10.5 Å². The van der Waals surface area contributed by atoms with Crippen LogP contribution in [0.4, 0.5) is 11.5 Å². The number of anilines is 2. The molecule has 7 nitrogen and oxygen atoms in total. The number of likely N-dealkylation sites (N-methyl/N-ethyl adjacent to an activating group) is 1. The Labute approximate surface area is 180 Å². The van der Waals surface area contributed by atoms with Gasteiger partial charge in [0.15, 0.2) is 0 Å². The van der Waals surface area contributed by atoms with Crippen LogP contribution in [0.5, 0.6) is 0 Å². The highest BCUT2D eigenvalue weighted by Gasteiger charge is 2.26. The van der Waals surface area contributed by atoms with Gasteiger partial charge in [-0.3, -0.25) is 4.79 Å². The van der Waals surface area contributed by atoms with Crippen molar-refractivity contribution in [3.63, 3.8) is 0 Å². The highest BCUT2D eigenvalue weighted by atomic mass is 79.9. The maximum absolute atomic E-state index is 12.7. The average molecular weight is 481 g/mol. The van der Waals surface area contributed by atoms with Gasteiger partial charge in [-0.15, -0.1) is 0 Å². The van der Waals surface area contributed by atoms with Gasteiger partial charge in [-0.1, -0.05) is 22.4 Å². The lowest BCUT2D eigenvalue weighted by Gasteiger charge is -2.26. The summed E-state index contributed by atoms with van der Waals surface area (Å²) in [5, 5.41) is 2.88. The van der Waals surface area contributed by atoms with Gasteiger partial charge in [0.1, 0.15) is 10.7 Å². The normalized spacial score (nSPS) is 15.1. The van der Waals surface area contributed by atoms with E-state index in [0.29, 0.717) is 18.9 Å². The summed E-state index contributed by atoms with van der Waals surface area (Å²) in [7, 11) is -1.76. The molecule has 29 heavy (non-hydrogen) atoms. The lowest BCUT2D eigenvalue weighted by molar-refractivity contribution is -0.114. The minimum atomic E-state index is -3.51. The maximum Gasteiger partial charge on any atom is 0.244 e. The van der Waals surface area contributed by atoms with E-state index in [4.69, 9.17) is 0 Å². The largest absolute Gasteiger partial charge is 0.350 e.